The van der Waals surface area contributed by atoms with Gasteiger partial charge in [-0.15, -0.1) is 0 Å². The van der Waals surface area contributed by atoms with Crippen LogP contribution in [0.4, 0.5) is 0 Å². The topological polar surface area (TPSA) is 0 Å². The molecule has 0 unspecified atom stereocenters. The van der Waals surface area contributed by atoms with Crippen molar-refractivity contribution < 1.29 is 0 Å². The van der Waals surface area contributed by atoms with Crippen LogP contribution in [0.1, 0.15) is 34.6 Å². The normalized spacial score (nSPS) is 12.6. The Labute approximate surface area is 72.9 Å². The Morgan fingerprint density at radius 2 is 1.80 bits per heavy atom. The fourth-order valence-electron chi connectivity index (χ4n) is 0.307. The molecule has 0 heterocycles. The summed E-state index contributed by atoms with van der Waals surface area (Å²) in [7, 11) is 3.96. The van der Waals surface area contributed by atoms with Gasteiger partial charge in [0.05, 0.1) is 0 Å². The Balaban J connectivity index is 3.63. The van der Waals surface area contributed by atoms with E-state index in [1.54, 1.807) is 0 Å². The summed E-state index contributed by atoms with van der Waals surface area (Å²) in [5, 5.41) is 0. The Hall–Kier alpha value is 0.700. The zero-order chi connectivity index (χ0) is 8.20. The van der Waals surface area contributed by atoms with E-state index in [1.807, 2.05) is 21.6 Å². The molecule has 0 aromatic carbocycles. The zero-order valence-corrected chi connectivity index (χ0v) is 9.23. The van der Waals surface area contributed by atoms with Gasteiger partial charge in [0.25, 0.3) is 0 Å². The number of rotatable bonds is 4. The van der Waals surface area contributed by atoms with Gasteiger partial charge in [-0.3, -0.25) is 0 Å². The molecule has 0 aromatic heterocycles. The van der Waals surface area contributed by atoms with Crippen molar-refractivity contribution in [2.24, 2.45) is 5.92 Å². The number of hydrogen-bond donors (Lipinski definition) is 0. The molecule has 0 aromatic rings. The van der Waals surface area contributed by atoms with Crippen LogP contribution in [0.5, 0.6) is 0 Å². The van der Waals surface area contributed by atoms with Crippen molar-refractivity contribution >= 4 is 21.6 Å². The standard InChI is InChI=1S/C8H18S2/c1-6-9-10-8(4,5)7(2)3/h7H,6H2,1-5H3. The Morgan fingerprint density at radius 3 is 2.10 bits per heavy atom. The second kappa shape index (κ2) is 4.55. The van der Waals surface area contributed by atoms with Gasteiger partial charge in [0, 0.05) is 10.5 Å². The molecule has 0 fully saturated rings. The lowest BCUT2D eigenvalue weighted by atomic mass is 10.00. The van der Waals surface area contributed by atoms with Crippen LogP contribution in [-0.2, 0) is 0 Å². The summed E-state index contributed by atoms with van der Waals surface area (Å²) < 4.78 is 0.431. The fraction of sp³-hybridized carbons (Fsp3) is 1.00. The van der Waals surface area contributed by atoms with Gasteiger partial charge in [0.15, 0.2) is 0 Å². The van der Waals surface area contributed by atoms with Crippen LogP contribution in [-0.4, -0.2) is 10.5 Å². The fourth-order valence-corrected chi connectivity index (χ4v) is 2.76. The molecule has 0 radical (unpaired) electrons. The molecule has 0 nitrogen and oxygen atoms in total. The molecule has 0 bridgehead atoms. The van der Waals surface area contributed by atoms with Gasteiger partial charge in [0.2, 0.25) is 0 Å². The summed E-state index contributed by atoms with van der Waals surface area (Å²) in [4.78, 5) is 0. The van der Waals surface area contributed by atoms with Crippen molar-refractivity contribution in [2.75, 3.05) is 5.75 Å². The quantitative estimate of drug-likeness (QED) is 0.600. The maximum absolute atomic E-state index is 2.31. The molecule has 0 aliphatic carbocycles. The largest absolute Gasteiger partial charge is 0.0939 e. The predicted molar refractivity (Wildman–Crippen MR) is 54.6 cm³/mol. The van der Waals surface area contributed by atoms with Crippen LogP contribution >= 0.6 is 21.6 Å². The monoisotopic (exact) mass is 178 g/mol. The van der Waals surface area contributed by atoms with Gasteiger partial charge in [-0.05, 0) is 19.8 Å². The summed E-state index contributed by atoms with van der Waals surface area (Å²) in [5.41, 5.74) is 0. The van der Waals surface area contributed by atoms with E-state index in [1.165, 1.54) is 5.75 Å². The lowest BCUT2D eigenvalue weighted by Gasteiger charge is -2.27. The Bertz CT molecular complexity index is 87.3. The first-order valence-corrected chi connectivity index (χ1v) is 6.13. The molecule has 0 N–H and O–H groups in total. The molecule has 0 saturated carbocycles. The highest BCUT2D eigenvalue weighted by molar-refractivity contribution is 8.77. The maximum Gasteiger partial charge on any atom is 0.0230 e. The third kappa shape index (κ3) is 3.77. The highest BCUT2D eigenvalue weighted by Gasteiger charge is 2.22. The average Bonchev–Trinajstić information content (AvgIpc) is 1.84. The van der Waals surface area contributed by atoms with Crippen LogP contribution < -0.4 is 0 Å². The first-order valence-electron chi connectivity index (χ1n) is 3.81. The van der Waals surface area contributed by atoms with Crippen LogP contribution in [0.3, 0.4) is 0 Å². The van der Waals surface area contributed by atoms with Crippen molar-refractivity contribution in [1.82, 2.24) is 0 Å². The molecule has 10 heavy (non-hydrogen) atoms. The third-order valence-electron chi connectivity index (χ3n) is 1.78. The summed E-state index contributed by atoms with van der Waals surface area (Å²) in [6, 6.07) is 0. The predicted octanol–water partition coefficient (Wildman–Crippen LogP) is 3.82. The molecule has 0 rings (SSSR count). The van der Waals surface area contributed by atoms with E-state index in [4.69, 9.17) is 0 Å². The Kier molecular flexibility index (Phi) is 4.87. The van der Waals surface area contributed by atoms with Crippen molar-refractivity contribution in [1.29, 1.82) is 0 Å². The Morgan fingerprint density at radius 1 is 1.30 bits per heavy atom. The van der Waals surface area contributed by atoms with E-state index < -0.39 is 0 Å². The van der Waals surface area contributed by atoms with E-state index in [9.17, 15) is 0 Å². The van der Waals surface area contributed by atoms with E-state index in [0.29, 0.717) is 4.75 Å². The lowest BCUT2D eigenvalue weighted by molar-refractivity contribution is 0.507. The van der Waals surface area contributed by atoms with E-state index in [-0.39, 0.29) is 0 Å². The highest BCUT2D eigenvalue weighted by Crippen LogP contribution is 2.40. The number of hydrogen-bond acceptors (Lipinski definition) is 2. The van der Waals surface area contributed by atoms with Crippen LogP contribution in [0.25, 0.3) is 0 Å². The van der Waals surface area contributed by atoms with Gasteiger partial charge >= 0.3 is 0 Å². The van der Waals surface area contributed by atoms with Crippen molar-refractivity contribution in [3.63, 3.8) is 0 Å². The molecule has 0 saturated heterocycles. The van der Waals surface area contributed by atoms with E-state index in [0.717, 1.165) is 5.92 Å². The zero-order valence-electron chi connectivity index (χ0n) is 7.60. The van der Waals surface area contributed by atoms with Gasteiger partial charge < -0.3 is 0 Å². The van der Waals surface area contributed by atoms with Crippen molar-refractivity contribution in [2.45, 2.75) is 39.4 Å². The average molecular weight is 178 g/mol. The molecule has 0 atom stereocenters. The minimum Gasteiger partial charge on any atom is -0.0939 e. The van der Waals surface area contributed by atoms with Crippen LogP contribution in [0.2, 0.25) is 0 Å². The second-order valence-electron chi connectivity index (χ2n) is 3.25. The second-order valence-corrected chi connectivity index (χ2v) is 6.49. The highest BCUT2D eigenvalue weighted by atomic mass is 33.1. The minimum absolute atomic E-state index is 0.431. The first kappa shape index (κ1) is 10.7. The molecular formula is C8H18S2. The van der Waals surface area contributed by atoms with Crippen LogP contribution in [0, 0.1) is 5.92 Å². The summed E-state index contributed by atoms with van der Waals surface area (Å²) in [6.45, 7) is 11.4. The van der Waals surface area contributed by atoms with E-state index >= 15 is 0 Å². The van der Waals surface area contributed by atoms with Crippen molar-refractivity contribution in [3.8, 4) is 0 Å². The smallest absolute Gasteiger partial charge is 0.0230 e. The minimum atomic E-state index is 0.431. The van der Waals surface area contributed by atoms with Gasteiger partial charge in [-0.1, -0.05) is 42.4 Å². The molecule has 2 heteroatoms. The molecule has 0 spiro atoms. The SMILES string of the molecule is CCSSC(C)(C)C(C)C. The summed E-state index contributed by atoms with van der Waals surface area (Å²) in [5.74, 6) is 1.97. The molecule has 0 aliphatic rings. The summed E-state index contributed by atoms with van der Waals surface area (Å²) >= 11 is 0. The summed E-state index contributed by atoms with van der Waals surface area (Å²) in [6.07, 6.45) is 0. The van der Waals surface area contributed by atoms with Gasteiger partial charge in [0.1, 0.15) is 0 Å². The molecule has 0 aliphatic heterocycles. The molecule has 62 valence electrons. The van der Waals surface area contributed by atoms with Crippen molar-refractivity contribution in [3.05, 3.63) is 0 Å². The first-order chi connectivity index (χ1) is 4.50. The third-order valence-corrected chi connectivity index (χ3v) is 5.39. The lowest BCUT2D eigenvalue weighted by Crippen LogP contribution is -2.21. The maximum atomic E-state index is 2.31. The molecule has 0 amide bonds. The van der Waals surface area contributed by atoms with Gasteiger partial charge in [-0.2, -0.15) is 0 Å². The molecular weight excluding hydrogens is 160 g/mol. The van der Waals surface area contributed by atoms with Crippen LogP contribution in [0.15, 0.2) is 0 Å². The van der Waals surface area contributed by atoms with Gasteiger partial charge in [-0.25, -0.2) is 0 Å². The van der Waals surface area contributed by atoms with E-state index in [2.05, 4.69) is 34.6 Å².